The van der Waals surface area contributed by atoms with Gasteiger partial charge in [0.1, 0.15) is 17.1 Å². The summed E-state index contributed by atoms with van der Waals surface area (Å²) >= 11 is 0. The number of halogens is 1. The van der Waals surface area contributed by atoms with E-state index in [-0.39, 0.29) is 30.7 Å². The van der Waals surface area contributed by atoms with E-state index in [9.17, 15) is 14.0 Å². The van der Waals surface area contributed by atoms with Crippen LogP contribution in [0.1, 0.15) is 58.3 Å². The molecule has 1 fully saturated rings. The maximum absolute atomic E-state index is 12.9. The van der Waals surface area contributed by atoms with Gasteiger partial charge >= 0.3 is 0 Å². The number of benzene rings is 1. The monoisotopic (exact) mass is 364 g/mol. The molecule has 1 aliphatic carbocycles. The summed E-state index contributed by atoms with van der Waals surface area (Å²) in [6, 6.07) is 5.67. The third kappa shape index (κ3) is 6.00. The van der Waals surface area contributed by atoms with E-state index < -0.39 is 5.54 Å². The molecule has 2 rings (SSSR count). The molecule has 0 unspecified atom stereocenters. The molecule has 0 saturated heterocycles. The Morgan fingerprint density at radius 3 is 2.50 bits per heavy atom. The Balaban J connectivity index is 1.85. The van der Waals surface area contributed by atoms with Crippen molar-refractivity contribution in [3.63, 3.8) is 0 Å². The number of nitrogens with one attached hydrogen (secondary N) is 2. The molecule has 2 N–H and O–H groups in total. The number of unbranched alkanes of at least 4 members (excludes halogenated alkanes) is 1. The second-order valence-electron chi connectivity index (χ2n) is 6.85. The minimum Gasteiger partial charge on any atom is -0.493 e. The zero-order chi connectivity index (χ0) is 18.8. The summed E-state index contributed by atoms with van der Waals surface area (Å²) in [5, 5.41) is 5.93. The predicted octanol–water partition coefficient (Wildman–Crippen LogP) is 3.33. The molecule has 2 amide bonds. The second kappa shape index (κ2) is 10.1. The Hall–Kier alpha value is -2.11. The lowest BCUT2D eigenvalue weighted by Crippen LogP contribution is -2.60. The Labute approximate surface area is 154 Å². The van der Waals surface area contributed by atoms with Crippen molar-refractivity contribution < 1.29 is 18.7 Å². The van der Waals surface area contributed by atoms with E-state index in [0.717, 1.165) is 32.1 Å². The van der Waals surface area contributed by atoms with Gasteiger partial charge in [0.05, 0.1) is 13.0 Å². The number of hydrogen-bond donors (Lipinski definition) is 2. The molecule has 0 aromatic heterocycles. The highest BCUT2D eigenvalue weighted by Gasteiger charge is 2.40. The molecule has 5 nitrogen and oxygen atoms in total. The lowest BCUT2D eigenvalue weighted by molar-refractivity contribution is -0.135. The largest absolute Gasteiger partial charge is 0.493 e. The normalized spacial score (nSPS) is 15.9. The number of amides is 2. The van der Waals surface area contributed by atoms with Crippen molar-refractivity contribution in [1.29, 1.82) is 0 Å². The number of carbonyl (C=O) groups is 2. The maximum atomic E-state index is 12.9. The van der Waals surface area contributed by atoms with Crippen molar-refractivity contribution >= 4 is 11.8 Å². The van der Waals surface area contributed by atoms with Gasteiger partial charge in [0, 0.05) is 6.54 Å². The van der Waals surface area contributed by atoms with Gasteiger partial charge in [-0.3, -0.25) is 9.59 Å². The van der Waals surface area contributed by atoms with Crippen LogP contribution in [-0.2, 0) is 9.59 Å². The van der Waals surface area contributed by atoms with Gasteiger partial charge in [-0.25, -0.2) is 4.39 Å². The molecule has 1 aromatic carbocycles. The molecule has 1 saturated carbocycles. The molecule has 26 heavy (non-hydrogen) atoms. The van der Waals surface area contributed by atoms with Gasteiger partial charge in [0.25, 0.3) is 0 Å². The molecular weight excluding hydrogens is 335 g/mol. The van der Waals surface area contributed by atoms with Gasteiger partial charge in [-0.15, -0.1) is 0 Å². The Kier molecular flexibility index (Phi) is 7.88. The van der Waals surface area contributed by atoms with Gasteiger partial charge in [-0.05, 0) is 43.5 Å². The van der Waals surface area contributed by atoms with E-state index >= 15 is 0 Å². The zero-order valence-corrected chi connectivity index (χ0v) is 15.5. The standard InChI is InChI=1S/C20H29FN2O3/c1-2-3-14-22-19(25)20(12-5-4-6-13-20)23-18(24)11-15-26-17-9-7-16(21)8-10-17/h7-10H,2-6,11-15H2,1H3,(H,22,25)(H,23,24). The Morgan fingerprint density at radius 1 is 1.15 bits per heavy atom. The number of carbonyl (C=O) groups excluding carboxylic acids is 2. The molecule has 1 aromatic rings. The predicted molar refractivity (Wildman–Crippen MR) is 98.4 cm³/mol. The fraction of sp³-hybridized carbons (Fsp3) is 0.600. The topological polar surface area (TPSA) is 67.4 Å². The molecule has 6 heteroatoms. The summed E-state index contributed by atoms with van der Waals surface area (Å²) < 4.78 is 18.3. The fourth-order valence-electron chi connectivity index (χ4n) is 3.23. The molecule has 0 bridgehead atoms. The SMILES string of the molecule is CCCCNC(=O)C1(NC(=O)CCOc2ccc(F)cc2)CCCCC1. The van der Waals surface area contributed by atoms with Crippen LogP contribution >= 0.6 is 0 Å². The third-order valence-corrected chi connectivity index (χ3v) is 4.75. The van der Waals surface area contributed by atoms with Crippen molar-refractivity contribution in [2.45, 2.75) is 63.8 Å². The van der Waals surface area contributed by atoms with Crippen molar-refractivity contribution in [1.82, 2.24) is 10.6 Å². The average molecular weight is 364 g/mol. The van der Waals surface area contributed by atoms with E-state index in [1.807, 2.05) is 0 Å². The number of hydrogen-bond acceptors (Lipinski definition) is 3. The van der Waals surface area contributed by atoms with E-state index in [1.165, 1.54) is 24.3 Å². The Morgan fingerprint density at radius 2 is 1.85 bits per heavy atom. The van der Waals surface area contributed by atoms with E-state index in [2.05, 4.69) is 17.6 Å². The summed E-state index contributed by atoms with van der Waals surface area (Å²) in [6.45, 7) is 2.90. The van der Waals surface area contributed by atoms with Gasteiger partial charge in [-0.2, -0.15) is 0 Å². The minimum atomic E-state index is -0.793. The zero-order valence-electron chi connectivity index (χ0n) is 15.5. The average Bonchev–Trinajstić information content (AvgIpc) is 2.64. The maximum Gasteiger partial charge on any atom is 0.245 e. The molecule has 0 atom stereocenters. The first-order valence-electron chi connectivity index (χ1n) is 9.53. The summed E-state index contributed by atoms with van der Waals surface area (Å²) in [7, 11) is 0. The second-order valence-corrected chi connectivity index (χ2v) is 6.85. The summed E-state index contributed by atoms with van der Waals surface area (Å²) in [5.41, 5.74) is -0.793. The van der Waals surface area contributed by atoms with Gasteiger partial charge in [0.15, 0.2) is 0 Å². The smallest absolute Gasteiger partial charge is 0.245 e. The van der Waals surface area contributed by atoms with Crippen LogP contribution in [0.4, 0.5) is 4.39 Å². The van der Waals surface area contributed by atoms with Crippen LogP contribution in [-0.4, -0.2) is 30.5 Å². The van der Waals surface area contributed by atoms with E-state index in [1.54, 1.807) is 0 Å². The molecule has 0 spiro atoms. The first kappa shape index (κ1) is 20.2. The molecule has 0 aliphatic heterocycles. The summed E-state index contributed by atoms with van der Waals surface area (Å²) in [6.07, 6.45) is 6.42. The molecule has 144 valence electrons. The van der Waals surface area contributed by atoms with Crippen molar-refractivity contribution in [2.75, 3.05) is 13.2 Å². The highest BCUT2D eigenvalue weighted by Crippen LogP contribution is 2.28. The Bertz CT molecular complexity index is 583. The molecule has 0 heterocycles. The van der Waals surface area contributed by atoms with Crippen molar-refractivity contribution in [3.05, 3.63) is 30.1 Å². The highest BCUT2D eigenvalue weighted by molar-refractivity contribution is 5.91. The minimum absolute atomic E-state index is 0.0709. The van der Waals surface area contributed by atoms with Crippen LogP contribution in [0.15, 0.2) is 24.3 Å². The van der Waals surface area contributed by atoms with Crippen LogP contribution in [0.2, 0.25) is 0 Å². The first-order valence-corrected chi connectivity index (χ1v) is 9.53. The molecule has 0 radical (unpaired) electrons. The number of rotatable bonds is 9. The van der Waals surface area contributed by atoms with Gasteiger partial charge in [-0.1, -0.05) is 32.6 Å². The molecule has 1 aliphatic rings. The first-order chi connectivity index (χ1) is 12.6. The van der Waals surface area contributed by atoms with Gasteiger partial charge in [0.2, 0.25) is 11.8 Å². The van der Waals surface area contributed by atoms with Crippen LogP contribution < -0.4 is 15.4 Å². The summed E-state index contributed by atoms with van der Waals surface area (Å²) in [4.78, 5) is 25.0. The quantitative estimate of drug-likeness (QED) is 0.661. The van der Waals surface area contributed by atoms with E-state index in [4.69, 9.17) is 4.74 Å². The lowest BCUT2D eigenvalue weighted by atomic mass is 9.80. The molecular formula is C20H29FN2O3. The fourth-order valence-corrected chi connectivity index (χ4v) is 3.23. The van der Waals surface area contributed by atoms with Crippen LogP contribution in [0.25, 0.3) is 0 Å². The highest BCUT2D eigenvalue weighted by atomic mass is 19.1. The number of ether oxygens (including phenoxy) is 1. The lowest BCUT2D eigenvalue weighted by Gasteiger charge is -2.36. The summed E-state index contributed by atoms with van der Waals surface area (Å²) in [5.74, 6) is -0.0783. The van der Waals surface area contributed by atoms with E-state index in [0.29, 0.717) is 25.1 Å². The van der Waals surface area contributed by atoms with Crippen molar-refractivity contribution in [2.24, 2.45) is 0 Å². The van der Waals surface area contributed by atoms with Crippen LogP contribution in [0.3, 0.4) is 0 Å². The van der Waals surface area contributed by atoms with Gasteiger partial charge < -0.3 is 15.4 Å². The van der Waals surface area contributed by atoms with Crippen LogP contribution in [0, 0.1) is 5.82 Å². The third-order valence-electron chi connectivity index (χ3n) is 4.75. The van der Waals surface area contributed by atoms with Crippen LogP contribution in [0.5, 0.6) is 5.75 Å². The van der Waals surface area contributed by atoms with Crippen molar-refractivity contribution in [3.8, 4) is 5.75 Å².